The lowest BCUT2D eigenvalue weighted by Gasteiger charge is -2.23. The molecule has 0 aliphatic rings. The number of thioether (sulfide) groups is 1. The van der Waals surface area contributed by atoms with Crippen LogP contribution in [0.15, 0.2) is 84.0 Å². The van der Waals surface area contributed by atoms with Gasteiger partial charge in [-0.2, -0.15) is 0 Å². The molecule has 32 heavy (non-hydrogen) atoms. The van der Waals surface area contributed by atoms with E-state index in [1.165, 1.54) is 17.8 Å². The molecule has 0 N–H and O–H groups in total. The van der Waals surface area contributed by atoms with Gasteiger partial charge in [0.05, 0.1) is 17.9 Å². The van der Waals surface area contributed by atoms with Crippen molar-refractivity contribution in [1.82, 2.24) is 14.8 Å². The number of carbonyl (C=O) groups is 1. The lowest BCUT2D eigenvalue weighted by Crippen LogP contribution is -2.32. The van der Waals surface area contributed by atoms with Crippen LogP contribution in [0, 0.1) is 12.7 Å². The Kier molecular flexibility index (Phi) is 6.66. The summed E-state index contributed by atoms with van der Waals surface area (Å²) in [5.41, 5.74) is 3.37. The minimum absolute atomic E-state index is 0.0418. The molecule has 5 nitrogen and oxygen atoms in total. The molecule has 0 aliphatic carbocycles. The second-order valence-corrected chi connectivity index (χ2v) is 8.38. The number of hydrogen-bond donors (Lipinski definition) is 0. The molecule has 0 bridgehead atoms. The summed E-state index contributed by atoms with van der Waals surface area (Å²) in [6.07, 6.45) is 0. The Morgan fingerprint density at radius 3 is 2.50 bits per heavy atom. The number of carbonyl (C=O) groups excluding carboxylic acids is 1. The fraction of sp³-hybridized carbons (Fsp3) is 0.160. The number of rotatable bonds is 7. The van der Waals surface area contributed by atoms with E-state index in [2.05, 4.69) is 10.2 Å². The summed E-state index contributed by atoms with van der Waals surface area (Å²) in [4.78, 5) is 15.0. The van der Waals surface area contributed by atoms with Gasteiger partial charge in [-0.3, -0.25) is 4.79 Å². The largest absolute Gasteiger partial charge is 0.307 e. The number of anilines is 1. The Balaban J connectivity index is 1.53. The predicted octanol–water partition coefficient (Wildman–Crippen LogP) is 5.26. The summed E-state index contributed by atoms with van der Waals surface area (Å²) in [6, 6.07) is 24.3. The van der Waals surface area contributed by atoms with Crippen LogP contribution in [0.5, 0.6) is 0 Å². The zero-order valence-electron chi connectivity index (χ0n) is 17.9. The third-order valence-electron chi connectivity index (χ3n) is 5.07. The average molecular weight is 447 g/mol. The zero-order chi connectivity index (χ0) is 22.5. The first-order chi connectivity index (χ1) is 15.5. The third-order valence-corrected chi connectivity index (χ3v) is 6.08. The van der Waals surface area contributed by atoms with Gasteiger partial charge in [-0.05, 0) is 42.3 Å². The first kappa shape index (κ1) is 21.8. The van der Waals surface area contributed by atoms with Crippen LogP contribution in [0.4, 0.5) is 10.1 Å². The van der Waals surface area contributed by atoms with E-state index in [1.54, 1.807) is 34.7 Å². The quantitative estimate of drug-likeness (QED) is 0.364. The van der Waals surface area contributed by atoms with Crippen LogP contribution in [0.1, 0.15) is 11.1 Å². The van der Waals surface area contributed by atoms with Gasteiger partial charge < -0.3 is 9.47 Å². The summed E-state index contributed by atoms with van der Waals surface area (Å²) in [7, 11) is 1.77. The number of amides is 1. The van der Waals surface area contributed by atoms with Gasteiger partial charge in [-0.25, -0.2) is 4.39 Å². The minimum atomic E-state index is -0.357. The van der Waals surface area contributed by atoms with Crippen molar-refractivity contribution >= 4 is 23.4 Å². The van der Waals surface area contributed by atoms with E-state index < -0.39 is 0 Å². The van der Waals surface area contributed by atoms with Crippen molar-refractivity contribution in [3.8, 4) is 11.4 Å². The van der Waals surface area contributed by atoms with Gasteiger partial charge in [0.2, 0.25) is 5.91 Å². The third kappa shape index (κ3) is 4.89. The number of aromatic nitrogens is 3. The second-order valence-electron chi connectivity index (χ2n) is 7.44. The SMILES string of the molecule is Cc1cccc(N(Cc2ccccc2)C(=O)CSc2nnc(-c3ccccc3F)n2C)c1. The Morgan fingerprint density at radius 1 is 1.00 bits per heavy atom. The number of benzene rings is 3. The van der Waals surface area contributed by atoms with E-state index in [0.29, 0.717) is 23.1 Å². The van der Waals surface area contributed by atoms with Gasteiger partial charge in [-0.1, -0.05) is 66.4 Å². The smallest absolute Gasteiger partial charge is 0.237 e. The highest BCUT2D eigenvalue weighted by molar-refractivity contribution is 7.99. The molecule has 0 unspecified atom stereocenters. The monoisotopic (exact) mass is 446 g/mol. The molecule has 4 aromatic rings. The Morgan fingerprint density at radius 2 is 1.75 bits per heavy atom. The van der Waals surface area contributed by atoms with Crippen LogP contribution in [-0.2, 0) is 18.4 Å². The number of hydrogen-bond acceptors (Lipinski definition) is 4. The summed E-state index contributed by atoms with van der Waals surface area (Å²) < 4.78 is 15.9. The van der Waals surface area contributed by atoms with Gasteiger partial charge in [-0.15, -0.1) is 10.2 Å². The summed E-state index contributed by atoms with van der Waals surface area (Å²) in [5, 5.41) is 8.86. The minimum Gasteiger partial charge on any atom is -0.307 e. The van der Waals surface area contributed by atoms with E-state index in [4.69, 9.17) is 0 Å². The molecule has 0 aliphatic heterocycles. The van der Waals surface area contributed by atoms with Crippen molar-refractivity contribution in [3.05, 3.63) is 95.8 Å². The van der Waals surface area contributed by atoms with Gasteiger partial charge in [0, 0.05) is 12.7 Å². The van der Waals surface area contributed by atoms with Gasteiger partial charge in [0.25, 0.3) is 0 Å². The normalized spacial score (nSPS) is 10.8. The highest BCUT2D eigenvalue weighted by Crippen LogP contribution is 2.26. The van der Waals surface area contributed by atoms with Crippen LogP contribution in [0.2, 0.25) is 0 Å². The van der Waals surface area contributed by atoms with Gasteiger partial charge in [0.1, 0.15) is 5.82 Å². The Hall–Kier alpha value is -3.45. The molecule has 0 radical (unpaired) electrons. The summed E-state index contributed by atoms with van der Waals surface area (Å²) in [5.74, 6) is 0.214. The molecule has 1 heterocycles. The Bertz CT molecular complexity index is 1230. The number of nitrogens with zero attached hydrogens (tertiary/aromatic N) is 4. The highest BCUT2D eigenvalue weighted by Gasteiger charge is 2.20. The van der Waals surface area contributed by atoms with Crippen LogP contribution < -0.4 is 4.90 Å². The van der Waals surface area contributed by atoms with Crippen LogP contribution >= 0.6 is 11.8 Å². The standard InChI is InChI=1S/C25H23FN4OS/c1-18-9-8-12-20(15-18)30(16-19-10-4-3-5-11-19)23(31)17-32-25-28-27-24(29(25)2)21-13-6-7-14-22(21)26/h3-15H,16-17H2,1-2H3. The van der Waals surface area contributed by atoms with E-state index in [0.717, 1.165) is 16.8 Å². The molecule has 0 saturated heterocycles. The zero-order valence-corrected chi connectivity index (χ0v) is 18.7. The highest BCUT2D eigenvalue weighted by atomic mass is 32.2. The fourth-order valence-electron chi connectivity index (χ4n) is 3.41. The first-order valence-electron chi connectivity index (χ1n) is 10.2. The molecule has 0 fully saturated rings. The molecular weight excluding hydrogens is 423 g/mol. The molecule has 162 valence electrons. The molecule has 1 aromatic heterocycles. The van der Waals surface area contributed by atoms with E-state index in [1.807, 2.05) is 61.5 Å². The Labute approximate surface area is 190 Å². The topological polar surface area (TPSA) is 51.0 Å². The van der Waals surface area contributed by atoms with Gasteiger partial charge >= 0.3 is 0 Å². The second kappa shape index (κ2) is 9.78. The fourth-order valence-corrected chi connectivity index (χ4v) is 4.19. The van der Waals surface area contributed by atoms with Crippen molar-refractivity contribution in [3.63, 3.8) is 0 Å². The lowest BCUT2D eigenvalue weighted by atomic mass is 10.1. The van der Waals surface area contributed by atoms with Crippen LogP contribution in [-0.4, -0.2) is 26.4 Å². The molecule has 1 amide bonds. The average Bonchev–Trinajstić information content (AvgIpc) is 3.17. The maximum atomic E-state index is 14.2. The molecule has 7 heteroatoms. The summed E-state index contributed by atoms with van der Waals surface area (Å²) >= 11 is 1.29. The van der Waals surface area contributed by atoms with Crippen LogP contribution in [0.25, 0.3) is 11.4 Å². The van der Waals surface area contributed by atoms with Crippen molar-refractivity contribution in [2.75, 3.05) is 10.7 Å². The van der Waals surface area contributed by atoms with Crippen molar-refractivity contribution < 1.29 is 9.18 Å². The predicted molar refractivity (Wildman–Crippen MR) is 126 cm³/mol. The first-order valence-corrected chi connectivity index (χ1v) is 11.2. The maximum absolute atomic E-state index is 14.2. The number of aryl methyl sites for hydroxylation is 1. The van der Waals surface area contributed by atoms with Crippen molar-refractivity contribution in [1.29, 1.82) is 0 Å². The number of halogens is 1. The maximum Gasteiger partial charge on any atom is 0.237 e. The molecule has 0 atom stereocenters. The molecule has 4 rings (SSSR count). The summed E-state index contributed by atoms with van der Waals surface area (Å²) in [6.45, 7) is 2.48. The van der Waals surface area contributed by atoms with Crippen LogP contribution in [0.3, 0.4) is 0 Å². The molecule has 0 saturated carbocycles. The van der Waals surface area contributed by atoms with E-state index in [-0.39, 0.29) is 17.5 Å². The lowest BCUT2D eigenvalue weighted by molar-refractivity contribution is -0.116. The van der Waals surface area contributed by atoms with E-state index >= 15 is 0 Å². The molecular formula is C25H23FN4OS. The van der Waals surface area contributed by atoms with E-state index in [9.17, 15) is 9.18 Å². The van der Waals surface area contributed by atoms with Crippen molar-refractivity contribution in [2.45, 2.75) is 18.6 Å². The van der Waals surface area contributed by atoms with Gasteiger partial charge in [0.15, 0.2) is 11.0 Å². The van der Waals surface area contributed by atoms with Crippen molar-refractivity contribution in [2.24, 2.45) is 7.05 Å². The molecule has 3 aromatic carbocycles. The molecule has 0 spiro atoms.